The summed E-state index contributed by atoms with van der Waals surface area (Å²) < 4.78 is 14.6. The van der Waals surface area contributed by atoms with E-state index in [-0.39, 0.29) is 33.8 Å². The first kappa shape index (κ1) is 41.1. The van der Waals surface area contributed by atoms with Gasteiger partial charge in [-0.05, 0) is 146 Å². The first-order chi connectivity index (χ1) is 30.0. The SMILES string of the molecule is Cc1cc2c3c(c1)N(c1cc(C(C)(C)C)cc(C(C)(C)C)c1)c1c(ccc4c1oc1ccccc14)B3c1c(oc3cc4c(cc13)C(C)(C)CCC4(C)C)N2c1ccc(C(C)(C)C)cc1. The Morgan fingerprint density at radius 3 is 1.73 bits per heavy atom. The highest BCUT2D eigenvalue weighted by molar-refractivity contribution is 7.01. The Labute approximate surface area is 380 Å². The van der Waals surface area contributed by atoms with Crippen LogP contribution < -0.4 is 26.2 Å². The summed E-state index contributed by atoms with van der Waals surface area (Å²) in [6, 6.07) is 39.5. The topological polar surface area (TPSA) is 32.8 Å². The molecule has 4 nitrogen and oxygen atoms in total. The lowest BCUT2D eigenvalue weighted by molar-refractivity contribution is 0.332. The van der Waals surface area contributed by atoms with Crippen molar-refractivity contribution in [3.8, 4) is 0 Å². The molecule has 8 aromatic rings. The molecule has 324 valence electrons. The van der Waals surface area contributed by atoms with Gasteiger partial charge in [0.2, 0.25) is 5.88 Å². The number of fused-ring (bicyclic) bond motifs is 11. The first-order valence-electron chi connectivity index (χ1n) is 23.6. The van der Waals surface area contributed by atoms with Gasteiger partial charge >= 0.3 is 0 Å². The molecule has 2 aromatic heterocycles. The third-order valence-electron chi connectivity index (χ3n) is 15.2. The van der Waals surface area contributed by atoms with Crippen molar-refractivity contribution in [2.75, 3.05) is 9.80 Å². The van der Waals surface area contributed by atoms with E-state index < -0.39 is 0 Å². The second-order valence-corrected chi connectivity index (χ2v) is 23.8. The molecule has 0 bridgehead atoms. The Morgan fingerprint density at radius 1 is 0.516 bits per heavy atom. The van der Waals surface area contributed by atoms with E-state index in [2.05, 4.69) is 210 Å². The summed E-state index contributed by atoms with van der Waals surface area (Å²) in [7, 11) is 0. The van der Waals surface area contributed by atoms with Crippen molar-refractivity contribution in [2.45, 2.75) is 137 Å². The number of furan rings is 2. The largest absolute Gasteiger partial charge is 0.454 e. The number of hydrogen-bond donors (Lipinski definition) is 0. The highest BCUT2D eigenvalue weighted by Gasteiger charge is 2.48. The van der Waals surface area contributed by atoms with E-state index >= 15 is 0 Å². The van der Waals surface area contributed by atoms with E-state index in [0.717, 1.165) is 69.0 Å². The van der Waals surface area contributed by atoms with Crippen molar-refractivity contribution in [2.24, 2.45) is 0 Å². The summed E-state index contributed by atoms with van der Waals surface area (Å²) in [5, 5.41) is 3.46. The van der Waals surface area contributed by atoms with Gasteiger partial charge in [0.15, 0.2) is 5.58 Å². The van der Waals surface area contributed by atoms with Gasteiger partial charge in [0.25, 0.3) is 6.71 Å². The molecule has 0 N–H and O–H groups in total. The molecule has 0 atom stereocenters. The molecule has 64 heavy (non-hydrogen) atoms. The van der Waals surface area contributed by atoms with Gasteiger partial charge in [0.05, 0.1) is 5.69 Å². The number of benzene rings is 6. The Morgan fingerprint density at radius 2 is 1.11 bits per heavy atom. The van der Waals surface area contributed by atoms with Crippen LogP contribution in [0.5, 0.6) is 0 Å². The van der Waals surface area contributed by atoms with Crippen LogP contribution in [0.2, 0.25) is 0 Å². The molecule has 0 amide bonds. The molecule has 0 saturated carbocycles. The van der Waals surface area contributed by atoms with Crippen LogP contribution in [0.25, 0.3) is 32.9 Å². The Bertz CT molecular complexity index is 3210. The average Bonchev–Trinajstić information content (AvgIpc) is 3.79. The van der Waals surface area contributed by atoms with Crippen molar-refractivity contribution < 1.29 is 8.83 Å². The van der Waals surface area contributed by atoms with E-state index in [0.29, 0.717) is 0 Å². The zero-order valence-electron chi connectivity index (χ0n) is 40.5. The van der Waals surface area contributed by atoms with Gasteiger partial charge in [0.1, 0.15) is 11.2 Å². The standard InChI is InChI=1S/C59H63BN2O2/c1-34-27-46-51-47(28-34)62(38-21-19-35(20-22-38)55(2,3)4)54-50(42-32-43-44(33-49(42)64-54)59(13,14)26-25-58(43,11)12)60(51)45-24-23-41-40-17-15-16-18-48(40)63-53(41)52(45)61(46)39-30-36(56(5,6)7)29-37(31-39)57(8,9)10/h15-24,27-33H,25-26H2,1-14H3. The number of hydrogen-bond acceptors (Lipinski definition) is 4. The van der Waals surface area contributed by atoms with Crippen LogP contribution in [0.3, 0.4) is 0 Å². The summed E-state index contributed by atoms with van der Waals surface area (Å²) >= 11 is 0. The van der Waals surface area contributed by atoms with Crippen LogP contribution in [0, 0.1) is 6.92 Å². The molecule has 6 aromatic carbocycles. The van der Waals surface area contributed by atoms with Crippen molar-refractivity contribution >= 4 is 90.3 Å². The van der Waals surface area contributed by atoms with Gasteiger partial charge in [-0.2, -0.15) is 0 Å². The molecule has 4 heterocycles. The molecule has 0 saturated heterocycles. The van der Waals surface area contributed by atoms with Crippen molar-refractivity contribution in [1.29, 1.82) is 0 Å². The number of nitrogens with zero attached hydrogens (tertiary/aromatic N) is 2. The van der Waals surface area contributed by atoms with Crippen LogP contribution in [-0.2, 0) is 27.1 Å². The summed E-state index contributed by atoms with van der Waals surface area (Å²) in [5.41, 5.74) is 20.2. The number of anilines is 6. The van der Waals surface area contributed by atoms with Crippen molar-refractivity contribution in [3.63, 3.8) is 0 Å². The molecule has 1 aliphatic carbocycles. The summed E-state index contributed by atoms with van der Waals surface area (Å²) in [5.74, 6) is 0.902. The van der Waals surface area contributed by atoms with Crippen molar-refractivity contribution in [3.05, 3.63) is 137 Å². The zero-order chi connectivity index (χ0) is 45.2. The van der Waals surface area contributed by atoms with Crippen LogP contribution in [-0.4, -0.2) is 6.71 Å². The minimum absolute atomic E-state index is 0.0247. The van der Waals surface area contributed by atoms with Gasteiger partial charge in [0, 0.05) is 44.4 Å². The van der Waals surface area contributed by atoms with E-state index in [1.807, 2.05) is 0 Å². The maximum atomic E-state index is 7.43. The fourth-order valence-corrected chi connectivity index (χ4v) is 11.2. The Hall–Kier alpha value is -5.68. The monoisotopic (exact) mass is 842 g/mol. The maximum absolute atomic E-state index is 7.43. The number of aryl methyl sites for hydroxylation is 1. The zero-order valence-corrected chi connectivity index (χ0v) is 40.5. The van der Waals surface area contributed by atoms with Crippen LogP contribution in [0.15, 0.2) is 112 Å². The van der Waals surface area contributed by atoms with E-state index in [1.54, 1.807) is 0 Å². The predicted molar refractivity (Wildman–Crippen MR) is 274 cm³/mol. The normalized spacial score (nSPS) is 16.6. The van der Waals surface area contributed by atoms with Gasteiger partial charge in [-0.15, -0.1) is 0 Å². The minimum Gasteiger partial charge on any atom is -0.454 e. The average molecular weight is 843 g/mol. The van der Waals surface area contributed by atoms with E-state index in [4.69, 9.17) is 8.83 Å². The smallest absolute Gasteiger partial charge is 0.257 e. The number of rotatable bonds is 2. The second kappa shape index (κ2) is 13.2. The Balaban J connectivity index is 1.30. The van der Waals surface area contributed by atoms with Crippen LogP contribution in [0.4, 0.5) is 34.3 Å². The van der Waals surface area contributed by atoms with Gasteiger partial charge in [-0.3, -0.25) is 4.90 Å². The molecular weight excluding hydrogens is 779 g/mol. The Kier molecular flexibility index (Phi) is 8.48. The number of para-hydroxylation sites is 1. The summed E-state index contributed by atoms with van der Waals surface area (Å²) in [4.78, 5) is 5.00. The predicted octanol–water partition coefficient (Wildman–Crippen LogP) is 15.0. The minimum atomic E-state index is -0.124. The third-order valence-corrected chi connectivity index (χ3v) is 15.2. The molecular formula is C59H63BN2O2. The van der Waals surface area contributed by atoms with Gasteiger partial charge in [-0.1, -0.05) is 139 Å². The summed E-state index contributed by atoms with van der Waals surface area (Å²) in [6.45, 7) is 32.7. The lowest BCUT2D eigenvalue weighted by Crippen LogP contribution is -2.61. The quantitative estimate of drug-likeness (QED) is 0.162. The van der Waals surface area contributed by atoms with E-state index in [1.165, 1.54) is 60.8 Å². The van der Waals surface area contributed by atoms with Crippen molar-refractivity contribution in [1.82, 2.24) is 0 Å². The summed E-state index contributed by atoms with van der Waals surface area (Å²) in [6.07, 6.45) is 2.29. The fourth-order valence-electron chi connectivity index (χ4n) is 11.2. The van der Waals surface area contributed by atoms with Gasteiger partial charge < -0.3 is 13.7 Å². The molecule has 11 rings (SSSR count). The molecule has 0 unspecified atom stereocenters. The maximum Gasteiger partial charge on any atom is 0.257 e. The fraction of sp³-hybridized carbons (Fsp3) is 0.356. The highest BCUT2D eigenvalue weighted by Crippen LogP contribution is 2.52. The molecule has 0 radical (unpaired) electrons. The third kappa shape index (κ3) is 6.01. The lowest BCUT2D eigenvalue weighted by Gasteiger charge is -2.43. The van der Waals surface area contributed by atoms with Crippen LogP contribution >= 0.6 is 0 Å². The molecule has 3 aliphatic rings. The van der Waals surface area contributed by atoms with Gasteiger partial charge in [-0.25, -0.2) is 0 Å². The first-order valence-corrected chi connectivity index (χ1v) is 23.6. The second-order valence-electron chi connectivity index (χ2n) is 23.8. The highest BCUT2D eigenvalue weighted by atomic mass is 16.4. The molecule has 0 spiro atoms. The molecule has 5 heteroatoms. The molecule has 0 fully saturated rings. The lowest BCUT2D eigenvalue weighted by atomic mass is 9.33. The molecule has 2 aliphatic heterocycles. The van der Waals surface area contributed by atoms with E-state index in [9.17, 15) is 0 Å². The van der Waals surface area contributed by atoms with Crippen LogP contribution in [0.1, 0.15) is 136 Å².